The lowest BCUT2D eigenvalue weighted by Gasteiger charge is -2.17. The van der Waals surface area contributed by atoms with Crippen LogP contribution in [-0.4, -0.2) is 65.3 Å². The van der Waals surface area contributed by atoms with Crippen molar-refractivity contribution in [3.05, 3.63) is 71.6 Å². The molecule has 0 bridgehead atoms. The number of nitrogens with zero attached hydrogens (tertiary/aromatic N) is 3. The summed E-state index contributed by atoms with van der Waals surface area (Å²) < 4.78 is 48.8. The molecule has 1 amide bonds. The molecule has 3 rings (SSSR count). The number of halogens is 3. The highest BCUT2D eigenvalue weighted by Crippen LogP contribution is 2.26. The molecule has 198 valence electrons. The summed E-state index contributed by atoms with van der Waals surface area (Å²) in [5, 5.41) is 12.3. The van der Waals surface area contributed by atoms with Gasteiger partial charge in [0.1, 0.15) is 24.4 Å². The van der Waals surface area contributed by atoms with E-state index in [1.807, 2.05) is 18.2 Å². The Kier molecular flexibility index (Phi) is 9.10. The first-order valence-corrected chi connectivity index (χ1v) is 11.4. The molecule has 9 nitrogen and oxygen atoms in total. The Labute approximate surface area is 211 Å². The van der Waals surface area contributed by atoms with E-state index in [4.69, 9.17) is 9.15 Å². The van der Waals surface area contributed by atoms with Crippen molar-refractivity contribution in [1.29, 1.82) is 0 Å². The number of carbonyl (C=O) groups excluding carboxylic acids is 1. The van der Waals surface area contributed by atoms with Crippen molar-refractivity contribution >= 4 is 17.7 Å². The number of aromatic nitrogens is 2. The van der Waals surface area contributed by atoms with Crippen molar-refractivity contribution in [3.63, 3.8) is 0 Å². The van der Waals surface area contributed by atoms with Crippen molar-refractivity contribution in [2.45, 2.75) is 31.4 Å². The topological polar surface area (TPSA) is 118 Å². The molecule has 1 unspecified atom stereocenters. The summed E-state index contributed by atoms with van der Waals surface area (Å²) in [6.45, 7) is -1.03. The number of ether oxygens (including phenoxy) is 1. The SMILES string of the molecule is CNc1cccc(CCOc2ccc(CC(CC(=O)O)c3nc(C(=O)N(C)CC(F)(F)F)co3)cc2)n1. The maximum Gasteiger partial charge on any atom is 0.406 e. The Morgan fingerprint density at radius 3 is 2.54 bits per heavy atom. The number of rotatable bonds is 12. The van der Waals surface area contributed by atoms with E-state index < -0.39 is 30.5 Å². The van der Waals surface area contributed by atoms with E-state index in [0.717, 1.165) is 30.4 Å². The average Bonchev–Trinajstić information content (AvgIpc) is 3.33. The molecule has 1 atom stereocenters. The van der Waals surface area contributed by atoms with Crippen LogP contribution in [0.3, 0.4) is 0 Å². The van der Waals surface area contributed by atoms with Crippen LogP contribution in [0, 0.1) is 0 Å². The predicted octanol–water partition coefficient (Wildman–Crippen LogP) is 4.17. The highest BCUT2D eigenvalue weighted by atomic mass is 19.4. The molecule has 0 saturated heterocycles. The smallest absolute Gasteiger partial charge is 0.406 e. The van der Waals surface area contributed by atoms with Crippen molar-refractivity contribution < 1.29 is 37.0 Å². The van der Waals surface area contributed by atoms with Crippen LogP contribution in [0.1, 0.15) is 40.0 Å². The molecule has 0 fully saturated rings. The van der Waals surface area contributed by atoms with Crippen molar-refractivity contribution in [2.24, 2.45) is 0 Å². The molecule has 3 aromatic rings. The van der Waals surface area contributed by atoms with Gasteiger partial charge in [-0.15, -0.1) is 0 Å². The zero-order valence-electron chi connectivity index (χ0n) is 20.3. The zero-order valence-corrected chi connectivity index (χ0v) is 20.3. The Balaban J connectivity index is 1.61. The summed E-state index contributed by atoms with van der Waals surface area (Å²) in [5.74, 6) is -1.46. The summed E-state index contributed by atoms with van der Waals surface area (Å²) >= 11 is 0. The van der Waals surface area contributed by atoms with E-state index in [1.54, 1.807) is 31.3 Å². The van der Waals surface area contributed by atoms with Crippen LogP contribution in [-0.2, 0) is 17.6 Å². The van der Waals surface area contributed by atoms with E-state index >= 15 is 0 Å². The summed E-state index contributed by atoms with van der Waals surface area (Å²) in [7, 11) is 2.79. The Morgan fingerprint density at radius 2 is 1.89 bits per heavy atom. The third-order valence-corrected chi connectivity index (χ3v) is 5.37. The van der Waals surface area contributed by atoms with Gasteiger partial charge in [-0.05, 0) is 36.2 Å². The van der Waals surface area contributed by atoms with Crippen LogP contribution in [0.5, 0.6) is 5.75 Å². The van der Waals surface area contributed by atoms with Gasteiger partial charge >= 0.3 is 12.1 Å². The molecule has 0 aliphatic rings. The number of benzene rings is 1. The van der Waals surface area contributed by atoms with Gasteiger partial charge in [-0.3, -0.25) is 9.59 Å². The number of aliphatic carboxylic acids is 1. The van der Waals surface area contributed by atoms with Crippen LogP contribution in [0.25, 0.3) is 0 Å². The minimum Gasteiger partial charge on any atom is -0.493 e. The Morgan fingerprint density at radius 1 is 1.16 bits per heavy atom. The molecule has 0 spiro atoms. The van der Waals surface area contributed by atoms with Crippen LogP contribution in [0.15, 0.2) is 53.1 Å². The first-order valence-electron chi connectivity index (χ1n) is 11.4. The minimum absolute atomic E-state index is 0.0391. The lowest BCUT2D eigenvalue weighted by Crippen LogP contribution is -2.36. The van der Waals surface area contributed by atoms with E-state index in [9.17, 15) is 27.9 Å². The second-order valence-electron chi connectivity index (χ2n) is 8.35. The quantitative estimate of drug-likeness (QED) is 0.366. The number of carboxylic acid groups (broad SMARTS) is 1. The zero-order chi connectivity index (χ0) is 27.0. The highest BCUT2D eigenvalue weighted by Gasteiger charge is 2.33. The fraction of sp³-hybridized carbons (Fsp3) is 0.360. The maximum atomic E-state index is 12.6. The number of nitrogens with one attached hydrogen (secondary N) is 1. The van der Waals surface area contributed by atoms with Gasteiger partial charge < -0.3 is 24.5 Å². The molecule has 2 N–H and O–H groups in total. The lowest BCUT2D eigenvalue weighted by molar-refractivity contribution is -0.138. The van der Waals surface area contributed by atoms with Gasteiger partial charge in [-0.1, -0.05) is 18.2 Å². The Hall–Kier alpha value is -4.09. The van der Waals surface area contributed by atoms with Gasteiger partial charge in [0.05, 0.1) is 18.9 Å². The average molecular weight is 521 g/mol. The normalized spacial score (nSPS) is 12.1. The maximum absolute atomic E-state index is 12.6. The van der Waals surface area contributed by atoms with Gasteiger partial charge in [-0.25, -0.2) is 9.97 Å². The second kappa shape index (κ2) is 12.2. The van der Waals surface area contributed by atoms with Gasteiger partial charge in [0.25, 0.3) is 5.91 Å². The molecule has 0 aliphatic heterocycles. The first-order chi connectivity index (χ1) is 17.5. The molecule has 2 heterocycles. The van der Waals surface area contributed by atoms with E-state index in [-0.39, 0.29) is 24.4 Å². The molecule has 2 aromatic heterocycles. The van der Waals surface area contributed by atoms with Gasteiger partial charge in [0.15, 0.2) is 11.6 Å². The number of anilines is 1. The predicted molar refractivity (Wildman–Crippen MR) is 128 cm³/mol. The van der Waals surface area contributed by atoms with Crippen molar-refractivity contribution in [2.75, 3.05) is 32.6 Å². The largest absolute Gasteiger partial charge is 0.493 e. The summed E-state index contributed by atoms with van der Waals surface area (Å²) in [6, 6.07) is 12.7. The Bertz CT molecular complexity index is 1200. The summed E-state index contributed by atoms with van der Waals surface area (Å²) in [6.07, 6.45) is -3.13. The molecule has 0 radical (unpaired) electrons. The van der Waals surface area contributed by atoms with E-state index in [2.05, 4.69) is 15.3 Å². The standard InChI is InChI=1S/C25H27F3N4O5/c1-29-21-5-3-4-18(30-21)10-11-36-19-8-6-16(7-9-19)12-17(13-22(33)34)23-31-20(14-37-23)24(35)32(2)15-25(26,27)28/h3-9,14,17H,10-13,15H2,1-2H3,(H,29,30)(H,33,34). The molecule has 0 saturated carbocycles. The van der Waals surface area contributed by atoms with Gasteiger partial charge in [-0.2, -0.15) is 13.2 Å². The molecular formula is C25H27F3N4O5. The van der Waals surface area contributed by atoms with Gasteiger partial charge in [0, 0.05) is 26.2 Å². The highest BCUT2D eigenvalue weighted by molar-refractivity contribution is 5.91. The fourth-order valence-corrected chi connectivity index (χ4v) is 3.60. The molecular weight excluding hydrogens is 493 g/mol. The van der Waals surface area contributed by atoms with E-state index in [1.165, 1.54) is 0 Å². The third kappa shape index (κ3) is 8.51. The first kappa shape index (κ1) is 27.5. The third-order valence-electron chi connectivity index (χ3n) is 5.37. The van der Waals surface area contributed by atoms with E-state index in [0.29, 0.717) is 23.7 Å². The number of oxazole rings is 1. The van der Waals surface area contributed by atoms with Crippen LogP contribution in [0.4, 0.5) is 19.0 Å². The number of amides is 1. The number of carboxylic acids is 1. The number of hydrogen-bond donors (Lipinski definition) is 2. The second-order valence-corrected chi connectivity index (χ2v) is 8.35. The molecule has 0 aliphatic carbocycles. The number of pyridine rings is 1. The van der Waals surface area contributed by atoms with Crippen molar-refractivity contribution in [3.8, 4) is 5.75 Å². The summed E-state index contributed by atoms with van der Waals surface area (Å²) in [5.41, 5.74) is 1.33. The monoisotopic (exact) mass is 520 g/mol. The molecule has 1 aromatic carbocycles. The lowest BCUT2D eigenvalue weighted by atomic mass is 9.96. The minimum atomic E-state index is -4.56. The molecule has 12 heteroatoms. The van der Waals surface area contributed by atoms with Crippen LogP contribution >= 0.6 is 0 Å². The van der Waals surface area contributed by atoms with Crippen molar-refractivity contribution in [1.82, 2.24) is 14.9 Å². The fourth-order valence-electron chi connectivity index (χ4n) is 3.60. The van der Waals surface area contributed by atoms with Crippen LogP contribution < -0.4 is 10.1 Å². The number of hydrogen-bond acceptors (Lipinski definition) is 7. The van der Waals surface area contributed by atoms with Crippen LogP contribution in [0.2, 0.25) is 0 Å². The van der Waals surface area contributed by atoms with Gasteiger partial charge in [0.2, 0.25) is 0 Å². The number of alkyl halides is 3. The molecule has 37 heavy (non-hydrogen) atoms. The number of carbonyl (C=O) groups is 2. The summed E-state index contributed by atoms with van der Waals surface area (Å²) in [4.78, 5) is 32.6.